The second-order valence-electron chi connectivity index (χ2n) is 11.3. The molecule has 3 aliphatic carbocycles. The minimum atomic E-state index is -0.767. The van der Waals surface area contributed by atoms with Gasteiger partial charge < -0.3 is 24.5 Å². The number of esters is 1. The Kier molecular flexibility index (Phi) is 6.93. The van der Waals surface area contributed by atoms with E-state index in [2.05, 4.69) is 20.8 Å². The van der Waals surface area contributed by atoms with Crippen molar-refractivity contribution in [2.75, 3.05) is 7.11 Å². The number of hydrogen-bond acceptors (Lipinski definition) is 6. The van der Waals surface area contributed by atoms with Gasteiger partial charge in [0.2, 0.25) is 0 Å². The van der Waals surface area contributed by atoms with Gasteiger partial charge in [-0.1, -0.05) is 19.9 Å². The summed E-state index contributed by atoms with van der Waals surface area (Å²) in [4.78, 5) is 12.6. The van der Waals surface area contributed by atoms with Crippen LogP contribution >= 0.6 is 12.4 Å². The predicted octanol–water partition coefficient (Wildman–Crippen LogP) is 4.35. The van der Waals surface area contributed by atoms with Gasteiger partial charge in [-0.05, 0) is 75.8 Å². The molecule has 184 valence electrons. The smallest absolute Gasteiger partial charge is 0.475 e. The molecule has 1 aromatic carbocycles. The largest absolute Gasteiger partial charge is 0.495 e. The van der Waals surface area contributed by atoms with E-state index in [1.54, 1.807) is 26.8 Å². The van der Waals surface area contributed by atoms with Gasteiger partial charge in [0.1, 0.15) is 22.7 Å². The zero-order valence-corrected chi connectivity index (χ0v) is 21.4. The quantitative estimate of drug-likeness (QED) is 0.495. The molecule has 0 amide bonds. The SMILES string of the molecule is COc1c(C[C@H](N)B2O[C@@H]3C[C@@H]4C[C@@H](C4(C)C)[C@]3(C)O2)ccc(F)c1C(=O)OC(C)(C)C.Cl. The van der Waals surface area contributed by atoms with Crippen LogP contribution in [0.5, 0.6) is 5.75 Å². The van der Waals surface area contributed by atoms with Crippen LogP contribution in [0.1, 0.15) is 70.3 Å². The molecule has 0 spiro atoms. The van der Waals surface area contributed by atoms with Crippen LogP contribution in [-0.4, -0.2) is 43.4 Å². The molecule has 2 N–H and O–H groups in total. The van der Waals surface area contributed by atoms with Gasteiger partial charge in [-0.2, -0.15) is 0 Å². The molecule has 4 aliphatic rings. The van der Waals surface area contributed by atoms with Crippen LogP contribution in [0.25, 0.3) is 0 Å². The first-order valence-corrected chi connectivity index (χ1v) is 11.5. The lowest BCUT2D eigenvalue weighted by atomic mass is 9.43. The highest BCUT2D eigenvalue weighted by molar-refractivity contribution is 6.47. The number of hydrogen-bond donors (Lipinski definition) is 1. The third kappa shape index (κ3) is 4.40. The number of rotatable bonds is 5. The van der Waals surface area contributed by atoms with E-state index >= 15 is 0 Å². The van der Waals surface area contributed by atoms with Gasteiger partial charge in [0, 0.05) is 5.94 Å². The van der Waals surface area contributed by atoms with Crippen molar-refractivity contribution >= 4 is 25.5 Å². The van der Waals surface area contributed by atoms with Crippen molar-refractivity contribution in [3.05, 3.63) is 29.1 Å². The first-order chi connectivity index (χ1) is 14.8. The van der Waals surface area contributed by atoms with E-state index < -0.39 is 30.4 Å². The zero-order chi connectivity index (χ0) is 23.6. The number of benzene rings is 1. The Morgan fingerprint density at radius 3 is 2.55 bits per heavy atom. The van der Waals surface area contributed by atoms with Crippen LogP contribution in [-0.2, 0) is 20.5 Å². The van der Waals surface area contributed by atoms with Gasteiger partial charge >= 0.3 is 13.1 Å². The van der Waals surface area contributed by atoms with Crippen LogP contribution in [0.3, 0.4) is 0 Å². The molecule has 0 aromatic heterocycles. The molecule has 1 heterocycles. The summed E-state index contributed by atoms with van der Waals surface area (Å²) in [7, 11) is 0.838. The summed E-state index contributed by atoms with van der Waals surface area (Å²) < 4.78 is 38.2. The molecule has 6 nitrogen and oxygen atoms in total. The fourth-order valence-corrected chi connectivity index (χ4v) is 5.95. The normalized spacial score (nSPS) is 30.6. The first kappa shape index (κ1) is 26.3. The van der Waals surface area contributed by atoms with Gasteiger partial charge in [-0.15, -0.1) is 12.4 Å². The molecule has 33 heavy (non-hydrogen) atoms. The number of carbonyl (C=O) groups excluding carboxylic acids is 1. The van der Waals surface area contributed by atoms with Crippen molar-refractivity contribution in [1.29, 1.82) is 0 Å². The van der Waals surface area contributed by atoms with Crippen LogP contribution in [0.15, 0.2) is 12.1 Å². The van der Waals surface area contributed by atoms with Crippen LogP contribution in [0, 0.1) is 23.1 Å². The van der Waals surface area contributed by atoms with E-state index in [9.17, 15) is 9.18 Å². The average Bonchev–Trinajstić information content (AvgIpc) is 3.04. The number of carbonyl (C=O) groups is 1. The van der Waals surface area contributed by atoms with Crippen molar-refractivity contribution in [1.82, 2.24) is 0 Å². The summed E-state index contributed by atoms with van der Waals surface area (Å²) >= 11 is 0. The van der Waals surface area contributed by atoms with Gasteiger partial charge in [0.05, 0.1) is 18.8 Å². The molecule has 5 rings (SSSR count). The summed E-state index contributed by atoms with van der Waals surface area (Å²) in [5.74, 6) is -0.727. The summed E-state index contributed by atoms with van der Waals surface area (Å²) in [5.41, 5.74) is 6.05. The number of nitrogens with two attached hydrogens (primary N) is 1. The van der Waals surface area contributed by atoms with Gasteiger partial charge in [0.15, 0.2) is 0 Å². The fraction of sp³-hybridized carbons (Fsp3) is 0.708. The van der Waals surface area contributed by atoms with E-state index in [4.69, 9.17) is 24.5 Å². The highest BCUT2D eigenvalue weighted by Gasteiger charge is 2.68. The molecular weight excluding hydrogens is 448 g/mol. The second-order valence-corrected chi connectivity index (χ2v) is 11.3. The molecule has 2 bridgehead atoms. The summed E-state index contributed by atoms with van der Waals surface area (Å²) in [6.45, 7) is 12.0. The number of ether oxygens (including phenoxy) is 2. The Hall–Kier alpha value is -1.35. The average molecular weight is 484 g/mol. The van der Waals surface area contributed by atoms with Gasteiger partial charge in [-0.3, -0.25) is 0 Å². The van der Waals surface area contributed by atoms with Crippen molar-refractivity contribution in [2.45, 2.75) is 84.1 Å². The maximum absolute atomic E-state index is 14.6. The molecular formula is C24H36BClFNO5. The van der Waals surface area contributed by atoms with Crippen LogP contribution in [0.4, 0.5) is 4.39 Å². The number of halogens is 2. The van der Waals surface area contributed by atoms with Crippen LogP contribution in [0.2, 0.25) is 0 Å². The van der Waals surface area contributed by atoms with E-state index in [0.717, 1.165) is 12.8 Å². The summed E-state index contributed by atoms with van der Waals surface area (Å²) in [5, 5.41) is 0. The maximum Gasteiger partial charge on any atom is 0.475 e. The lowest BCUT2D eigenvalue weighted by Crippen LogP contribution is -2.65. The molecule has 0 unspecified atom stereocenters. The van der Waals surface area contributed by atoms with Crippen LogP contribution < -0.4 is 10.5 Å². The number of methoxy groups -OCH3 is 1. The topological polar surface area (TPSA) is 80.0 Å². The zero-order valence-electron chi connectivity index (χ0n) is 20.6. The molecule has 9 heteroatoms. The minimum Gasteiger partial charge on any atom is -0.495 e. The van der Waals surface area contributed by atoms with Gasteiger partial charge in [-0.25, -0.2) is 9.18 Å². The van der Waals surface area contributed by atoms with Crippen molar-refractivity contribution in [2.24, 2.45) is 23.0 Å². The van der Waals surface area contributed by atoms with E-state index in [1.165, 1.54) is 13.2 Å². The molecule has 5 atom stereocenters. The van der Waals surface area contributed by atoms with Crippen molar-refractivity contribution in [3.63, 3.8) is 0 Å². The Labute approximate surface area is 202 Å². The Morgan fingerprint density at radius 2 is 1.97 bits per heavy atom. The second kappa shape index (κ2) is 8.70. The molecule has 0 radical (unpaired) electrons. The predicted molar refractivity (Wildman–Crippen MR) is 127 cm³/mol. The summed E-state index contributed by atoms with van der Waals surface area (Å²) in [6.07, 6.45) is 2.48. The van der Waals surface area contributed by atoms with E-state index in [-0.39, 0.29) is 40.8 Å². The maximum atomic E-state index is 14.6. The highest BCUT2D eigenvalue weighted by atomic mass is 35.5. The lowest BCUT2D eigenvalue weighted by Gasteiger charge is -2.64. The lowest BCUT2D eigenvalue weighted by molar-refractivity contribution is -0.199. The Balaban J connectivity index is 0.00000306. The standard InChI is InChI=1S/C24H35BFNO5.ClH/c1-22(2,3)30-21(28)19-15(26)9-8-13(20(19)29-7)10-18(27)25-31-17-12-14-11-16(23(14,4)5)24(17,6)32-25;/h8-9,14,16-18H,10-12,27H2,1-7H3;1H/t14-,16-,17+,18-,24-;/m0./s1. The molecule has 1 aromatic rings. The van der Waals surface area contributed by atoms with Crippen molar-refractivity contribution < 1.29 is 28.0 Å². The van der Waals surface area contributed by atoms with E-state index in [1.807, 2.05) is 0 Å². The fourth-order valence-electron chi connectivity index (χ4n) is 5.95. The Morgan fingerprint density at radius 1 is 1.30 bits per heavy atom. The monoisotopic (exact) mass is 483 g/mol. The minimum absolute atomic E-state index is 0. The third-order valence-electron chi connectivity index (χ3n) is 7.77. The Bertz CT molecular complexity index is 923. The highest BCUT2D eigenvalue weighted by Crippen LogP contribution is 2.65. The molecule has 4 fully saturated rings. The first-order valence-electron chi connectivity index (χ1n) is 11.5. The molecule has 1 saturated heterocycles. The van der Waals surface area contributed by atoms with E-state index in [0.29, 0.717) is 23.8 Å². The van der Waals surface area contributed by atoms with Gasteiger partial charge in [0.25, 0.3) is 0 Å². The molecule has 1 aliphatic heterocycles. The van der Waals surface area contributed by atoms with Crippen molar-refractivity contribution in [3.8, 4) is 5.75 Å². The molecule has 3 saturated carbocycles. The third-order valence-corrected chi connectivity index (χ3v) is 7.77. The summed E-state index contributed by atoms with van der Waals surface area (Å²) in [6, 6.07) is 2.84.